The second-order valence-electron chi connectivity index (χ2n) is 3.21. The lowest BCUT2D eigenvalue weighted by Crippen LogP contribution is -2.23. The van der Waals surface area contributed by atoms with Gasteiger partial charge in [-0.25, -0.2) is 0 Å². The summed E-state index contributed by atoms with van der Waals surface area (Å²) in [5.41, 5.74) is 0.806. The van der Waals surface area contributed by atoms with Crippen LogP contribution in [0.15, 0.2) is 30.3 Å². The number of rotatable bonds is 5. The van der Waals surface area contributed by atoms with Gasteiger partial charge in [0.25, 0.3) is 0 Å². The van der Waals surface area contributed by atoms with E-state index in [4.69, 9.17) is 0 Å². The number of thioether (sulfide) groups is 1. The van der Waals surface area contributed by atoms with Gasteiger partial charge < -0.3 is 10.4 Å². The zero-order valence-corrected chi connectivity index (χ0v) is 9.96. The molecular weight excluding hydrogens is 222 g/mol. The molecule has 0 spiro atoms. The Hall–Kier alpha value is -1.42. The summed E-state index contributed by atoms with van der Waals surface area (Å²) in [6, 6.07) is 6.76. The Kier molecular flexibility index (Phi) is 5.50. The maximum atomic E-state index is 11.3. The number of phenols is 1. The van der Waals surface area contributed by atoms with Crippen molar-refractivity contribution in [1.29, 1.82) is 0 Å². The summed E-state index contributed by atoms with van der Waals surface area (Å²) in [6.07, 6.45) is 5.14. The summed E-state index contributed by atoms with van der Waals surface area (Å²) in [5, 5.41) is 12.0. The third-order valence-electron chi connectivity index (χ3n) is 1.90. The van der Waals surface area contributed by atoms with Crippen LogP contribution < -0.4 is 5.32 Å². The van der Waals surface area contributed by atoms with Gasteiger partial charge in [0.15, 0.2) is 0 Å². The molecule has 0 atom stereocenters. The predicted molar refractivity (Wildman–Crippen MR) is 68.5 cm³/mol. The van der Waals surface area contributed by atoms with Crippen molar-refractivity contribution in [3.63, 3.8) is 0 Å². The van der Waals surface area contributed by atoms with Crippen LogP contribution in [0.2, 0.25) is 0 Å². The number of amides is 1. The minimum Gasteiger partial charge on any atom is -0.508 e. The molecule has 0 aliphatic heterocycles. The van der Waals surface area contributed by atoms with Crippen molar-refractivity contribution < 1.29 is 9.90 Å². The maximum absolute atomic E-state index is 11.3. The monoisotopic (exact) mass is 237 g/mol. The maximum Gasteiger partial charge on any atom is 0.244 e. The van der Waals surface area contributed by atoms with Crippen LogP contribution in [0.5, 0.6) is 5.75 Å². The molecule has 16 heavy (non-hydrogen) atoms. The van der Waals surface area contributed by atoms with Crippen LogP contribution in [-0.4, -0.2) is 29.6 Å². The molecule has 0 aromatic heterocycles. The Morgan fingerprint density at radius 1 is 1.56 bits per heavy atom. The summed E-state index contributed by atoms with van der Waals surface area (Å²) >= 11 is 1.69. The van der Waals surface area contributed by atoms with Gasteiger partial charge in [0.05, 0.1) is 0 Å². The molecular formula is C12H15NO2S. The van der Waals surface area contributed by atoms with E-state index in [-0.39, 0.29) is 11.7 Å². The number of carbonyl (C=O) groups is 1. The number of hydrogen-bond donors (Lipinski definition) is 2. The average molecular weight is 237 g/mol. The molecule has 0 saturated heterocycles. The van der Waals surface area contributed by atoms with Crippen molar-refractivity contribution >= 4 is 23.7 Å². The van der Waals surface area contributed by atoms with Crippen LogP contribution in [0.1, 0.15) is 5.56 Å². The first-order valence-electron chi connectivity index (χ1n) is 4.96. The second kappa shape index (κ2) is 6.95. The largest absolute Gasteiger partial charge is 0.508 e. The van der Waals surface area contributed by atoms with E-state index in [0.717, 1.165) is 11.3 Å². The first-order chi connectivity index (χ1) is 7.72. The van der Waals surface area contributed by atoms with E-state index in [0.29, 0.717) is 6.54 Å². The van der Waals surface area contributed by atoms with Crippen LogP contribution in [-0.2, 0) is 4.79 Å². The molecule has 4 heteroatoms. The highest BCUT2D eigenvalue weighted by atomic mass is 32.2. The minimum absolute atomic E-state index is 0.114. The number of benzene rings is 1. The molecule has 0 unspecified atom stereocenters. The van der Waals surface area contributed by atoms with Crippen LogP contribution in [0.4, 0.5) is 0 Å². The third kappa shape index (κ3) is 4.89. The molecule has 1 aromatic carbocycles. The highest BCUT2D eigenvalue weighted by molar-refractivity contribution is 7.98. The molecule has 0 saturated carbocycles. The van der Waals surface area contributed by atoms with Crippen molar-refractivity contribution in [3.8, 4) is 5.75 Å². The highest BCUT2D eigenvalue weighted by Gasteiger charge is 1.94. The predicted octanol–water partition coefficient (Wildman–Crippen LogP) is 1.88. The quantitative estimate of drug-likeness (QED) is 0.607. The Balaban J connectivity index is 2.44. The number of phenolic OH excluding ortho intramolecular Hbond substituents is 1. The minimum atomic E-state index is -0.114. The van der Waals surface area contributed by atoms with E-state index in [1.165, 1.54) is 6.08 Å². The highest BCUT2D eigenvalue weighted by Crippen LogP contribution is 2.11. The zero-order valence-electron chi connectivity index (χ0n) is 9.14. The molecule has 1 aromatic rings. The van der Waals surface area contributed by atoms with Crippen molar-refractivity contribution in [3.05, 3.63) is 35.9 Å². The van der Waals surface area contributed by atoms with Gasteiger partial charge in [0.2, 0.25) is 5.91 Å². The molecule has 0 heterocycles. The molecule has 1 rings (SSSR count). The van der Waals surface area contributed by atoms with E-state index in [1.807, 2.05) is 12.3 Å². The van der Waals surface area contributed by atoms with Gasteiger partial charge in [-0.3, -0.25) is 4.79 Å². The topological polar surface area (TPSA) is 49.3 Å². The third-order valence-corrected chi connectivity index (χ3v) is 2.52. The Labute approximate surface area is 99.6 Å². The number of hydrogen-bond acceptors (Lipinski definition) is 3. The van der Waals surface area contributed by atoms with Gasteiger partial charge in [0.1, 0.15) is 5.75 Å². The molecule has 0 radical (unpaired) electrons. The first kappa shape index (κ1) is 12.6. The normalized spacial score (nSPS) is 10.6. The second-order valence-corrected chi connectivity index (χ2v) is 4.20. The van der Waals surface area contributed by atoms with Gasteiger partial charge in [-0.1, -0.05) is 12.1 Å². The Bertz CT molecular complexity index is 377. The van der Waals surface area contributed by atoms with Crippen molar-refractivity contribution in [2.45, 2.75) is 0 Å². The summed E-state index contributed by atoms with van der Waals surface area (Å²) in [5.74, 6) is 0.994. The fourth-order valence-electron chi connectivity index (χ4n) is 1.14. The van der Waals surface area contributed by atoms with Crippen LogP contribution >= 0.6 is 11.8 Å². The lowest BCUT2D eigenvalue weighted by Gasteiger charge is -1.99. The molecule has 0 fully saturated rings. The lowest BCUT2D eigenvalue weighted by atomic mass is 10.2. The summed E-state index contributed by atoms with van der Waals surface area (Å²) < 4.78 is 0. The van der Waals surface area contributed by atoms with Crippen molar-refractivity contribution in [2.75, 3.05) is 18.6 Å². The fraction of sp³-hybridized carbons (Fsp3) is 0.250. The molecule has 86 valence electrons. The number of nitrogens with one attached hydrogen (secondary N) is 1. The Morgan fingerprint density at radius 3 is 3.06 bits per heavy atom. The van der Waals surface area contributed by atoms with Gasteiger partial charge in [-0.15, -0.1) is 0 Å². The number of aromatic hydroxyl groups is 1. The summed E-state index contributed by atoms with van der Waals surface area (Å²) in [6.45, 7) is 0.671. The average Bonchev–Trinajstić information content (AvgIpc) is 2.27. The fourth-order valence-corrected chi connectivity index (χ4v) is 1.44. The van der Waals surface area contributed by atoms with Crippen molar-refractivity contribution in [1.82, 2.24) is 5.32 Å². The zero-order chi connectivity index (χ0) is 11.8. The molecule has 2 N–H and O–H groups in total. The summed E-state index contributed by atoms with van der Waals surface area (Å²) in [7, 11) is 0. The smallest absolute Gasteiger partial charge is 0.244 e. The van der Waals surface area contributed by atoms with Crippen LogP contribution in [0, 0.1) is 0 Å². The SMILES string of the molecule is CSCCNC(=O)/C=C/c1cccc(O)c1. The number of carbonyl (C=O) groups excluding carboxylic acids is 1. The molecule has 0 aliphatic rings. The van der Waals surface area contributed by atoms with E-state index in [2.05, 4.69) is 5.32 Å². The first-order valence-corrected chi connectivity index (χ1v) is 6.35. The van der Waals surface area contributed by atoms with Gasteiger partial charge in [-0.2, -0.15) is 11.8 Å². The van der Waals surface area contributed by atoms with Gasteiger partial charge in [-0.05, 0) is 30.0 Å². The Morgan fingerprint density at radius 2 is 2.38 bits per heavy atom. The van der Waals surface area contributed by atoms with Crippen LogP contribution in [0.3, 0.4) is 0 Å². The molecule has 1 amide bonds. The lowest BCUT2D eigenvalue weighted by molar-refractivity contribution is -0.116. The van der Waals surface area contributed by atoms with Gasteiger partial charge >= 0.3 is 0 Å². The van der Waals surface area contributed by atoms with E-state index >= 15 is 0 Å². The van der Waals surface area contributed by atoms with Crippen LogP contribution in [0.25, 0.3) is 6.08 Å². The van der Waals surface area contributed by atoms with E-state index in [9.17, 15) is 9.90 Å². The molecule has 3 nitrogen and oxygen atoms in total. The summed E-state index contributed by atoms with van der Waals surface area (Å²) in [4.78, 5) is 11.3. The van der Waals surface area contributed by atoms with Gasteiger partial charge in [0, 0.05) is 18.4 Å². The standard InChI is InChI=1S/C12H15NO2S/c1-16-8-7-13-12(15)6-5-10-3-2-4-11(14)9-10/h2-6,9,14H,7-8H2,1H3,(H,13,15)/b6-5+. The van der Waals surface area contributed by atoms with Crippen molar-refractivity contribution in [2.24, 2.45) is 0 Å². The van der Waals surface area contributed by atoms with E-state index in [1.54, 1.807) is 36.0 Å². The molecule has 0 aliphatic carbocycles. The molecule has 0 bridgehead atoms. The van der Waals surface area contributed by atoms with E-state index < -0.39 is 0 Å².